The summed E-state index contributed by atoms with van der Waals surface area (Å²) in [7, 11) is 0. The summed E-state index contributed by atoms with van der Waals surface area (Å²) in [6.07, 6.45) is 6.35. The van der Waals surface area contributed by atoms with Crippen LogP contribution in [0.25, 0.3) is 0 Å². The maximum atomic E-state index is 13.3. The Morgan fingerprint density at radius 1 is 1.00 bits per heavy atom. The average molecular weight is 344 g/mol. The van der Waals surface area contributed by atoms with Crippen molar-refractivity contribution in [3.8, 4) is 0 Å². The van der Waals surface area contributed by atoms with Crippen LogP contribution in [0.1, 0.15) is 86.1 Å². The van der Waals surface area contributed by atoms with Gasteiger partial charge in [-0.25, -0.2) is 0 Å². The van der Waals surface area contributed by atoms with Crippen LogP contribution in [0.3, 0.4) is 0 Å². The maximum absolute atomic E-state index is 13.3. The molecule has 1 heterocycles. The van der Waals surface area contributed by atoms with E-state index >= 15 is 0 Å². The first kappa shape index (κ1) is 20.0. The Hall–Kier alpha value is -1.31. The molecule has 140 valence electrons. The van der Waals surface area contributed by atoms with Gasteiger partial charge in [0.25, 0.3) is 0 Å². The van der Waals surface area contributed by atoms with Crippen molar-refractivity contribution in [3.63, 3.8) is 0 Å². The summed E-state index contributed by atoms with van der Waals surface area (Å²) in [4.78, 5) is 15.4. The highest BCUT2D eigenvalue weighted by Gasteiger charge is 2.49. The first-order chi connectivity index (χ1) is 11.8. The van der Waals surface area contributed by atoms with Crippen molar-refractivity contribution >= 4 is 11.6 Å². The molecule has 2 aliphatic rings. The molecule has 2 nitrogen and oxygen atoms in total. The predicted molar refractivity (Wildman–Crippen MR) is 108 cm³/mol. The minimum absolute atomic E-state index is 0.0692. The number of para-hydroxylation sites is 1. The van der Waals surface area contributed by atoms with Gasteiger partial charge in [-0.05, 0) is 51.2 Å². The van der Waals surface area contributed by atoms with Crippen molar-refractivity contribution in [1.82, 2.24) is 0 Å². The van der Waals surface area contributed by atoms with Gasteiger partial charge in [-0.3, -0.25) is 4.79 Å². The van der Waals surface area contributed by atoms with Crippen LogP contribution in [0.5, 0.6) is 0 Å². The molecule has 1 amide bonds. The number of rotatable bonds is 0. The topological polar surface area (TPSA) is 20.3 Å². The molecular formula is C23H37NO. The molecule has 1 aromatic rings. The zero-order chi connectivity index (χ0) is 18.8. The van der Waals surface area contributed by atoms with Gasteiger partial charge in [-0.2, -0.15) is 0 Å². The van der Waals surface area contributed by atoms with E-state index in [2.05, 4.69) is 63.8 Å². The third-order valence-electron chi connectivity index (χ3n) is 6.33. The molecule has 1 fully saturated rings. The van der Waals surface area contributed by atoms with Gasteiger partial charge < -0.3 is 4.90 Å². The second-order valence-corrected chi connectivity index (χ2v) is 8.66. The Balaban J connectivity index is 0.00000109. The van der Waals surface area contributed by atoms with Gasteiger partial charge in [0, 0.05) is 22.6 Å². The van der Waals surface area contributed by atoms with E-state index in [9.17, 15) is 4.79 Å². The Kier molecular flexibility index (Phi) is 6.01. The molecule has 1 saturated carbocycles. The predicted octanol–water partition coefficient (Wildman–Crippen LogP) is 6.33. The standard InChI is InChI=1S/C21H31NO.C2H6/c1-15-16(2)21(13-9-6-10-14-21)17-11-7-8-12-18(17)22(19(15)23)20(3,4)5;1-2/h7-8,11-12,15-16H,6,9-10,13-14H2,1-5H3;1-2H3. The average Bonchev–Trinajstić information content (AvgIpc) is 2.67. The lowest BCUT2D eigenvalue weighted by atomic mass is 9.60. The molecule has 0 saturated heterocycles. The lowest BCUT2D eigenvalue weighted by Crippen LogP contribution is -2.48. The summed E-state index contributed by atoms with van der Waals surface area (Å²) in [5.74, 6) is 0.753. The molecule has 0 aromatic heterocycles. The summed E-state index contributed by atoms with van der Waals surface area (Å²) in [6, 6.07) is 8.70. The van der Waals surface area contributed by atoms with Gasteiger partial charge in [-0.15, -0.1) is 0 Å². The molecule has 2 unspecified atom stereocenters. The fourth-order valence-electron chi connectivity index (χ4n) is 4.95. The van der Waals surface area contributed by atoms with E-state index in [0.29, 0.717) is 11.8 Å². The molecule has 2 atom stereocenters. The van der Waals surface area contributed by atoms with Gasteiger partial charge in [0.2, 0.25) is 5.91 Å². The third-order valence-corrected chi connectivity index (χ3v) is 6.33. The molecule has 3 rings (SSSR count). The highest BCUT2D eigenvalue weighted by atomic mass is 16.2. The van der Waals surface area contributed by atoms with Crippen LogP contribution in [-0.4, -0.2) is 11.4 Å². The van der Waals surface area contributed by atoms with Crippen LogP contribution >= 0.6 is 0 Å². The maximum Gasteiger partial charge on any atom is 0.230 e. The highest BCUT2D eigenvalue weighted by Crippen LogP contribution is 2.53. The lowest BCUT2D eigenvalue weighted by Gasteiger charge is -2.44. The first-order valence-corrected chi connectivity index (χ1v) is 10.2. The van der Waals surface area contributed by atoms with Crippen LogP contribution in [0, 0.1) is 11.8 Å². The molecule has 0 bridgehead atoms. The number of hydrogen-bond donors (Lipinski definition) is 0. The van der Waals surface area contributed by atoms with E-state index < -0.39 is 0 Å². The zero-order valence-corrected chi connectivity index (χ0v) is 17.4. The van der Waals surface area contributed by atoms with Crippen LogP contribution in [0.2, 0.25) is 0 Å². The van der Waals surface area contributed by atoms with Crippen LogP contribution in [0.15, 0.2) is 24.3 Å². The fraction of sp³-hybridized carbons (Fsp3) is 0.696. The van der Waals surface area contributed by atoms with Crippen molar-refractivity contribution < 1.29 is 4.79 Å². The Morgan fingerprint density at radius 3 is 2.12 bits per heavy atom. The highest BCUT2D eigenvalue weighted by molar-refractivity contribution is 5.98. The van der Waals surface area contributed by atoms with Crippen molar-refractivity contribution in [2.45, 2.75) is 91.5 Å². The summed E-state index contributed by atoms with van der Waals surface area (Å²) in [5.41, 5.74) is 2.55. The lowest BCUT2D eigenvalue weighted by molar-refractivity contribution is -0.125. The third kappa shape index (κ3) is 3.37. The van der Waals surface area contributed by atoms with Gasteiger partial charge in [-0.1, -0.05) is 65.2 Å². The summed E-state index contributed by atoms with van der Waals surface area (Å²) in [6.45, 7) is 14.9. The monoisotopic (exact) mass is 343 g/mol. The van der Waals surface area contributed by atoms with Gasteiger partial charge in [0.1, 0.15) is 0 Å². The van der Waals surface area contributed by atoms with E-state index in [1.54, 1.807) is 0 Å². The molecule has 1 spiro atoms. The second-order valence-electron chi connectivity index (χ2n) is 8.66. The number of nitrogens with zero attached hydrogens (tertiary/aromatic N) is 1. The first-order valence-electron chi connectivity index (χ1n) is 10.2. The molecule has 1 aliphatic heterocycles. The number of carbonyl (C=O) groups is 1. The Morgan fingerprint density at radius 2 is 1.56 bits per heavy atom. The minimum atomic E-state index is -0.193. The van der Waals surface area contributed by atoms with Crippen LogP contribution in [0.4, 0.5) is 5.69 Å². The van der Waals surface area contributed by atoms with Gasteiger partial charge >= 0.3 is 0 Å². The summed E-state index contributed by atoms with van der Waals surface area (Å²) >= 11 is 0. The van der Waals surface area contributed by atoms with Crippen molar-refractivity contribution in [1.29, 1.82) is 0 Å². The molecule has 1 aromatic carbocycles. The number of hydrogen-bond acceptors (Lipinski definition) is 1. The quantitative estimate of drug-likeness (QED) is 0.539. The molecular weight excluding hydrogens is 306 g/mol. The molecule has 25 heavy (non-hydrogen) atoms. The van der Waals surface area contributed by atoms with Crippen LogP contribution < -0.4 is 4.90 Å². The Bertz CT molecular complexity index is 592. The van der Waals surface area contributed by atoms with E-state index in [4.69, 9.17) is 0 Å². The molecule has 0 N–H and O–H groups in total. The van der Waals surface area contributed by atoms with Crippen LogP contribution in [-0.2, 0) is 10.2 Å². The molecule has 0 radical (unpaired) electrons. The SMILES string of the molecule is CC.CC1C(=O)N(C(C)(C)C)c2ccccc2C2(CCCCC2)C1C. The second kappa shape index (κ2) is 7.51. The smallest absolute Gasteiger partial charge is 0.230 e. The fourth-order valence-corrected chi connectivity index (χ4v) is 4.95. The number of carbonyl (C=O) groups excluding carboxylic acids is 1. The number of fused-ring (bicyclic) bond motifs is 2. The van der Waals surface area contributed by atoms with E-state index in [-0.39, 0.29) is 16.9 Å². The van der Waals surface area contributed by atoms with E-state index in [1.807, 2.05) is 13.8 Å². The summed E-state index contributed by atoms with van der Waals surface area (Å²) in [5, 5.41) is 0. The molecule has 2 heteroatoms. The minimum Gasteiger partial charge on any atom is -0.307 e. The normalized spacial score (nSPS) is 25.7. The van der Waals surface area contributed by atoms with Crippen molar-refractivity contribution in [3.05, 3.63) is 29.8 Å². The molecule has 1 aliphatic carbocycles. The number of anilines is 1. The number of amides is 1. The Labute approximate surface area is 155 Å². The van der Waals surface area contributed by atoms with Crippen molar-refractivity contribution in [2.24, 2.45) is 11.8 Å². The van der Waals surface area contributed by atoms with Crippen molar-refractivity contribution in [2.75, 3.05) is 4.90 Å². The van der Waals surface area contributed by atoms with Gasteiger partial charge in [0.15, 0.2) is 0 Å². The number of benzene rings is 1. The zero-order valence-electron chi connectivity index (χ0n) is 17.4. The van der Waals surface area contributed by atoms with E-state index in [1.165, 1.54) is 37.7 Å². The summed E-state index contributed by atoms with van der Waals surface area (Å²) < 4.78 is 0. The largest absolute Gasteiger partial charge is 0.307 e. The van der Waals surface area contributed by atoms with E-state index in [0.717, 1.165) is 5.69 Å². The van der Waals surface area contributed by atoms with Gasteiger partial charge in [0.05, 0.1) is 0 Å².